The van der Waals surface area contributed by atoms with Gasteiger partial charge in [0.05, 0.1) is 16.6 Å². The molecule has 0 fully saturated rings. The number of nitrogens with one attached hydrogen (secondary N) is 1. The van der Waals surface area contributed by atoms with Crippen molar-refractivity contribution in [3.63, 3.8) is 0 Å². The van der Waals surface area contributed by atoms with E-state index in [1.54, 1.807) is 0 Å². The predicted molar refractivity (Wildman–Crippen MR) is 57.5 cm³/mol. The zero-order chi connectivity index (χ0) is 8.55. The van der Waals surface area contributed by atoms with Crippen LogP contribution in [0.3, 0.4) is 0 Å². The van der Waals surface area contributed by atoms with E-state index >= 15 is 0 Å². The largest absolute Gasteiger partial charge is 0.325 e. The van der Waals surface area contributed by atoms with Gasteiger partial charge in [0.1, 0.15) is 0 Å². The van der Waals surface area contributed by atoms with Gasteiger partial charge in [0, 0.05) is 0 Å². The van der Waals surface area contributed by atoms with Crippen molar-refractivity contribution in [3.05, 3.63) is 24.3 Å². The van der Waals surface area contributed by atoms with Gasteiger partial charge in [0.2, 0.25) is 0 Å². The molecule has 1 aliphatic carbocycles. The van der Waals surface area contributed by atoms with E-state index in [1.165, 1.54) is 0 Å². The molecular weight excluding hydrogens is 188 g/mol. The maximum absolute atomic E-state index is 5.12. The third-order valence-electron chi connectivity index (χ3n) is 1.74. The summed E-state index contributed by atoms with van der Waals surface area (Å²) in [5, 5.41) is 3.33. The Labute approximate surface area is 81.1 Å². The summed E-state index contributed by atoms with van der Waals surface area (Å²) in [6.07, 6.45) is 7.85. The smallest absolute Gasteiger partial charge is 0.197 e. The minimum Gasteiger partial charge on any atom is -0.325 e. The molecule has 2 nitrogen and oxygen atoms in total. The van der Waals surface area contributed by atoms with Gasteiger partial charge >= 0.3 is 0 Å². The number of hydrogen-bond acceptors (Lipinski definition) is 2. The number of aliphatic imine (C=N–C) groups is 1. The monoisotopic (exact) mass is 194 g/mol. The van der Waals surface area contributed by atoms with Crippen LogP contribution in [0.1, 0.15) is 0 Å². The normalized spacial score (nSPS) is 26.3. The summed E-state index contributed by atoms with van der Waals surface area (Å²) < 4.78 is 0. The molecule has 4 heteroatoms. The van der Waals surface area contributed by atoms with Gasteiger partial charge in [-0.25, -0.2) is 4.99 Å². The summed E-state index contributed by atoms with van der Waals surface area (Å²) in [4.78, 5) is 4.91. The highest BCUT2D eigenvalue weighted by atomic mass is 32.1. The highest BCUT2D eigenvalue weighted by Gasteiger charge is 2.23. The molecule has 0 amide bonds. The van der Waals surface area contributed by atoms with Crippen molar-refractivity contribution < 1.29 is 0 Å². The molecule has 12 heavy (non-hydrogen) atoms. The third-order valence-corrected chi connectivity index (χ3v) is 2.29. The summed E-state index contributed by atoms with van der Waals surface area (Å²) >= 11 is 10.0. The van der Waals surface area contributed by atoms with Crippen LogP contribution >= 0.6 is 24.4 Å². The second kappa shape index (κ2) is 2.88. The molecule has 0 saturated carbocycles. The van der Waals surface area contributed by atoms with E-state index in [-0.39, 0.29) is 5.92 Å². The summed E-state index contributed by atoms with van der Waals surface area (Å²) in [7, 11) is 0. The van der Waals surface area contributed by atoms with E-state index in [0.29, 0.717) is 5.11 Å². The van der Waals surface area contributed by atoms with Gasteiger partial charge < -0.3 is 5.32 Å². The second-order valence-electron chi connectivity index (χ2n) is 2.55. The summed E-state index contributed by atoms with van der Waals surface area (Å²) in [5.74, 6) is 0.122. The lowest BCUT2D eigenvalue weighted by molar-refractivity contribution is 1.12. The number of allylic oxidation sites excluding steroid dienone is 3. The van der Waals surface area contributed by atoms with Crippen LogP contribution in [0.5, 0.6) is 0 Å². The summed E-state index contributed by atoms with van der Waals surface area (Å²) in [6.45, 7) is 0. The van der Waals surface area contributed by atoms with Crippen molar-refractivity contribution in [1.82, 2.24) is 5.32 Å². The Kier molecular flexibility index (Phi) is 1.86. The summed E-state index contributed by atoms with van der Waals surface area (Å²) in [6, 6.07) is 0. The SMILES string of the molecule is S=C1N=C2C=CC=CC2C(=S)N1. The van der Waals surface area contributed by atoms with Crippen LogP contribution in [0.4, 0.5) is 0 Å². The first-order valence-corrected chi connectivity index (χ1v) is 4.37. The maximum Gasteiger partial charge on any atom is 0.197 e. The van der Waals surface area contributed by atoms with Crippen LogP contribution in [0.2, 0.25) is 0 Å². The molecule has 0 spiro atoms. The van der Waals surface area contributed by atoms with Gasteiger partial charge in [-0.2, -0.15) is 0 Å². The minimum absolute atomic E-state index is 0.122. The topological polar surface area (TPSA) is 24.4 Å². The highest BCUT2D eigenvalue weighted by molar-refractivity contribution is 7.82. The lowest BCUT2D eigenvalue weighted by atomic mass is 9.97. The van der Waals surface area contributed by atoms with Gasteiger partial charge in [-0.3, -0.25) is 0 Å². The molecule has 0 aromatic heterocycles. The van der Waals surface area contributed by atoms with E-state index in [2.05, 4.69) is 10.3 Å². The van der Waals surface area contributed by atoms with Crippen molar-refractivity contribution in [2.24, 2.45) is 10.9 Å². The Balaban J connectivity index is 2.43. The lowest BCUT2D eigenvalue weighted by Gasteiger charge is -2.22. The Morgan fingerprint density at radius 1 is 1.33 bits per heavy atom. The molecule has 1 aliphatic heterocycles. The molecule has 2 rings (SSSR count). The van der Waals surface area contributed by atoms with Crippen molar-refractivity contribution in [3.8, 4) is 0 Å². The number of rotatable bonds is 0. The van der Waals surface area contributed by atoms with Gasteiger partial charge in [-0.05, 0) is 18.3 Å². The van der Waals surface area contributed by atoms with E-state index in [9.17, 15) is 0 Å². The van der Waals surface area contributed by atoms with Crippen molar-refractivity contribution in [1.29, 1.82) is 0 Å². The number of nitrogens with zero attached hydrogens (tertiary/aromatic N) is 1. The molecule has 0 radical (unpaired) electrons. The van der Waals surface area contributed by atoms with Crippen molar-refractivity contribution in [2.75, 3.05) is 0 Å². The first kappa shape index (κ1) is 7.76. The lowest BCUT2D eigenvalue weighted by Crippen LogP contribution is -2.40. The second-order valence-corrected chi connectivity index (χ2v) is 3.38. The Morgan fingerprint density at radius 2 is 2.17 bits per heavy atom. The average molecular weight is 194 g/mol. The molecule has 1 heterocycles. The fourth-order valence-corrected chi connectivity index (χ4v) is 1.76. The first-order valence-electron chi connectivity index (χ1n) is 3.55. The molecule has 60 valence electrons. The van der Waals surface area contributed by atoms with Crippen molar-refractivity contribution in [2.45, 2.75) is 0 Å². The van der Waals surface area contributed by atoms with Crippen LogP contribution < -0.4 is 5.32 Å². The first-order chi connectivity index (χ1) is 5.77. The fraction of sp³-hybridized carbons (Fsp3) is 0.125. The molecule has 2 aliphatic rings. The average Bonchev–Trinajstić information content (AvgIpc) is 2.04. The number of thiocarbonyl (C=S) groups is 2. The van der Waals surface area contributed by atoms with Gasteiger partial charge in [0.25, 0.3) is 0 Å². The molecule has 1 N–H and O–H groups in total. The quantitative estimate of drug-likeness (QED) is 0.590. The predicted octanol–water partition coefficient (Wildman–Crippen LogP) is 1.39. The molecular formula is C8H6N2S2. The standard InChI is InChI=1S/C8H6N2S2/c11-7-5-3-1-2-4-6(5)9-8(12)10-7/h1-5H,(H,10,11,12). The van der Waals surface area contributed by atoms with Gasteiger partial charge in [0.15, 0.2) is 5.11 Å². The van der Waals surface area contributed by atoms with Crippen molar-refractivity contribution >= 4 is 40.2 Å². The zero-order valence-corrected chi connectivity index (χ0v) is 7.78. The van der Waals surface area contributed by atoms with Crippen LogP contribution in [-0.2, 0) is 0 Å². The van der Waals surface area contributed by atoms with Gasteiger partial charge in [-0.1, -0.05) is 30.4 Å². The molecule has 0 aromatic rings. The zero-order valence-electron chi connectivity index (χ0n) is 6.15. The molecule has 1 unspecified atom stereocenters. The Hall–Kier alpha value is -0.870. The highest BCUT2D eigenvalue weighted by Crippen LogP contribution is 2.14. The molecule has 1 atom stereocenters. The Bertz CT molecular complexity index is 339. The van der Waals surface area contributed by atoms with E-state index in [0.717, 1.165) is 10.7 Å². The van der Waals surface area contributed by atoms with Gasteiger partial charge in [-0.15, -0.1) is 0 Å². The molecule has 0 aromatic carbocycles. The van der Waals surface area contributed by atoms with E-state index in [4.69, 9.17) is 24.4 Å². The summed E-state index contributed by atoms with van der Waals surface area (Å²) in [5.41, 5.74) is 0.936. The van der Waals surface area contributed by atoms with Crippen LogP contribution in [0.15, 0.2) is 29.3 Å². The minimum atomic E-state index is 0.122. The number of hydrogen-bond donors (Lipinski definition) is 1. The van der Waals surface area contributed by atoms with Crippen LogP contribution in [0, 0.1) is 5.92 Å². The van der Waals surface area contributed by atoms with Crippen LogP contribution in [-0.4, -0.2) is 15.8 Å². The third kappa shape index (κ3) is 1.23. The molecule has 0 bridgehead atoms. The van der Waals surface area contributed by atoms with E-state index < -0.39 is 0 Å². The Morgan fingerprint density at radius 3 is 3.00 bits per heavy atom. The number of fused-ring (bicyclic) bond motifs is 1. The fourth-order valence-electron chi connectivity index (χ4n) is 1.19. The van der Waals surface area contributed by atoms with E-state index in [1.807, 2.05) is 24.3 Å². The van der Waals surface area contributed by atoms with Crippen LogP contribution in [0.25, 0.3) is 0 Å². The molecule has 0 saturated heterocycles. The maximum atomic E-state index is 5.12.